The molecule has 8 nitrogen and oxygen atoms in total. The molecular weight excluding hydrogens is 509 g/mol. The van der Waals surface area contributed by atoms with Gasteiger partial charge in [0.1, 0.15) is 24.2 Å². The number of allylic oxidation sites excluding steroid dienone is 1. The number of nitrogens with zero attached hydrogens (tertiary/aromatic N) is 4. The average molecular weight is 546 g/mol. The molecule has 1 aliphatic carbocycles. The highest BCUT2D eigenvalue weighted by atomic mass is 19.1. The summed E-state index contributed by atoms with van der Waals surface area (Å²) in [5.74, 6) is -0.329. The van der Waals surface area contributed by atoms with Gasteiger partial charge in [-0.15, -0.1) is 0 Å². The summed E-state index contributed by atoms with van der Waals surface area (Å²) >= 11 is 0. The van der Waals surface area contributed by atoms with E-state index in [0.29, 0.717) is 23.4 Å². The van der Waals surface area contributed by atoms with E-state index in [-0.39, 0.29) is 41.4 Å². The largest absolute Gasteiger partial charge is 0.345 e. The zero-order chi connectivity index (χ0) is 29.1. The normalized spacial score (nSPS) is 22.1. The first kappa shape index (κ1) is 27.7. The maximum atomic E-state index is 14.4. The minimum absolute atomic E-state index is 0.00808. The molecule has 210 valence electrons. The summed E-state index contributed by atoms with van der Waals surface area (Å²) in [5.41, 5.74) is 4.36. The molecule has 3 aromatic rings. The standard InChI is InChI=1S/C31H36FN5O3/c1-16(2)28(32)18(4)35-30(40)25-10-31(7)11-26(31)37(25)27(39)15-36-14-24(19(5)38)23-9-21(8-17(3)29(23)36)22-12-33-20(6)34-13-22/h8-9,12-14,18,25-26H,10-11,15H2,1-7H3,(H,35,40)/t18-,25-,26+,31-/m0/s1. The van der Waals surface area contributed by atoms with Crippen molar-refractivity contribution in [2.75, 3.05) is 0 Å². The molecule has 0 unspecified atom stereocenters. The lowest BCUT2D eigenvalue weighted by molar-refractivity contribution is -0.140. The highest BCUT2D eigenvalue weighted by Crippen LogP contribution is 2.59. The van der Waals surface area contributed by atoms with Gasteiger partial charge in [-0.25, -0.2) is 14.4 Å². The van der Waals surface area contributed by atoms with Gasteiger partial charge in [0.25, 0.3) is 0 Å². The van der Waals surface area contributed by atoms with Gasteiger partial charge in [-0.05, 0) is 88.6 Å². The number of likely N-dealkylation sites (tertiary alicyclic amines) is 1. The van der Waals surface area contributed by atoms with Crippen LogP contribution in [-0.4, -0.2) is 55.2 Å². The molecule has 1 saturated carbocycles. The fraction of sp³-hybridized carbons (Fsp3) is 0.452. The summed E-state index contributed by atoms with van der Waals surface area (Å²) in [6.45, 7) is 12.3. The molecule has 1 saturated heterocycles. The number of hydrogen-bond donors (Lipinski definition) is 1. The monoisotopic (exact) mass is 545 g/mol. The molecule has 2 aromatic heterocycles. The van der Waals surface area contributed by atoms with Crippen molar-refractivity contribution in [2.45, 2.75) is 86.0 Å². The van der Waals surface area contributed by atoms with Crippen LogP contribution < -0.4 is 5.32 Å². The van der Waals surface area contributed by atoms with Crippen molar-refractivity contribution in [3.63, 3.8) is 0 Å². The van der Waals surface area contributed by atoms with E-state index in [9.17, 15) is 18.8 Å². The molecule has 2 amide bonds. The van der Waals surface area contributed by atoms with Gasteiger partial charge in [0.15, 0.2) is 5.78 Å². The van der Waals surface area contributed by atoms with E-state index in [1.807, 2.05) is 30.5 Å². The smallest absolute Gasteiger partial charge is 0.243 e. The van der Waals surface area contributed by atoms with E-state index in [2.05, 4.69) is 22.2 Å². The maximum absolute atomic E-state index is 14.4. The number of rotatable bonds is 7. The number of amides is 2. The zero-order valence-corrected chi connectivity index (χ0v) is 24.1. The molecule has 1 N–H and O–H groups in total. The maximum Gasteiger partial charge on any atom is 0.243 e. The molecule has 5 rings (SSSR count). The summed E-state index contributed by atoms with van der Waals surface area (Å²) in [6.07, 6.45) is 6.63. The molecule has 2 aliphatic rings. The number of fused-ring (bicyclic) bond motifs is 2. The van der Waals surface area contributed by atoms with Gasteiger partial charge in [-0.3, -0.25) is 14.4 Å². The number of carbonyl (C=O) groups excluding carboxylic acids is 3. The van der Waals surface area contributed by atoms with E-state index in [1.165, 1.54) is 6.92 Å². The third-order valence-electron chi connectivity index (χ3n) is 8.40. The second kappa shape index (κ2) is 9.94. The van der Waals surface area contributed by atoms with Gasteiger partial charge in [-0.1, -0.05) is 6.92 Å². The number of aryl methyl sites for hydroxylation is 2. The molecule has 4 atom stereocenters. The molecule has 3 heterocycles. The van der Waals surface area contributed by atoms with E-state index in [1.54, 1.807) is 44.3 Å². The Labute approximate surface area is 233 Å². The number of halogens is 1. The minimum atomic E-state index is -0.763. The van der Waals surface area contributed by atoms with Crippen LogP contribution in [0.2, 0.25) is 0 Å². The third-order valence-corrected chi connectivity index (χ3v) is 8.40. The van der Waals surface area contributed by atoms with E-state index < -0.39 is 12.1 Å². The van der Waals surface area contributed by atoms with Crippen molar-refractivity contribution in [3.05, 3.63) is 59.1 Å². The summed E-state index contributed by atoms with van der Waals surface area (Å²) in [7, 11) is 0. The predicted molar refractivity (Wildman–Crippen MR) is 151 cm³/mol. The zero-order valence-electron chi connectivity index (χ0n) is 24.1. The Morgan fingerprint density at radius 3 is 2.40 bits per heavy atom. The SMILES string of the molecule is CC(=O)c1cn(CC(=O)N2[C@H](C(=O)N[C@@H](C)C(F)=C(C)C)C[C@@]3(C)C[C@@H]23)c2c(C)cc(-c3cnc(C)nc3)cc12. The number of nitrogens with one attached hydrogen (secondary N) is 1. The second-order valence-corrected chi connectivity index (χ2v) is 11.9. The van der Waals surface area contributed by atoms with Gasteiger partial charge in [-0.2, -0.15) is 0 Å². The van der Waals surface area contributed by atoms with Crippen LogP contribution in [0.15, 0.2) is 42.1 Å². The molecule has 0 bridgehead atoms. The number of carbonyl (C=O) groups is 3. The Hall–Kier alpha value is -3.88. The number of aromatic nitrogens is 3. The minimum Gasteiger partial charge on any atom is -0.345 e. The molecular formula is C31H36FN5O3. The van der Waals surface area contributed by atoms with Gasteiger partial charge in [0, 0.05) is 41.1 Å². The Bertz CT molecular complexity index is 1570. The van der Waals surface area contributed by atoms with E-state index in [0.717, 1.165) is 34.0 Å². The van der Waals surface area contributed by atoms with E-state index in [4.69, 9.17) is 0 Å². The Balaban J connectivity index is 1.46. The van der Waals surface area contributed by atoms with Gasteiger partial charge in [0.2, 0.25) is 11.8 Å². The molecule has 1 aliphatic heterocycles. The Kier molecular flexibility index (Phi) is 6.88. The first-order valence-corrected chi connectivity index (χ1v) is 13.7. The molecule has 9 heteroatoms. The van der Waals surface area contributed by atoms with Crippen LogP contribution in [0.3, 0.4) is 0 Å². The van der Waals surface area contributed by atoms with Crippen LogP contribution in [-0.2, 0) is 16.1 Å². The summed E-state index contributed by atoms with van der Waals surface area (Å²) in [5, 5.41) is 3.52. The highest BCUT2D eigenvalue weighted by molar-refractivity contribution is 6.09. The van der Waals surface area contributed by atoms with Crippen molar-refractivity contribution < 1.29 is 18.8 Å². The van der Waals surface area contributed by atoms with Crippen LogP contribution in [0, 0.1) is 19.3 Å². The number of hydrogen-bond acceptors (Lipinski definition) is 5. The van der Waals surface area contributed by atoms with Crippen LogP contribution >= 0.6 is 0 Å². The lowest BCUT2D eigenvalue weighted by Crippen LogP contribution is -2.50. The first-order chi connectivity index (χ1) is 18.8. The van der Waals surface area contributed by atoms with Crippen molar-refractivity contribution in [3.8, 4) is 11.1 Å². The van der Waals surface area contributed by atoms with Crippen LogP contribution in [0.4, 0.5) is 4.39 Å². The number of ketones is 1. The third kappa shape index (κ3) is 4.82. The average Bonchev–Trinajstić information content (AvgIpc) is 3.24. The van der Waals surface area contributed by atoms with Crippen LogP contribution in [0.1, 0.15) is 69.2 Å². The topological polar surface area (TPSA) is 97.2 Å². The van der Waals surface area contributed by atoms with Crippen LogP contribution in [0.25, 0.3) is 22.0 Å². The lowest BCUT2D eigenvalue weighted by Gasteiger charge is -2.28. The summed E-state index contributed by atoms with van der Waals surface area (Å²) < 4.78 is 16.2. The number of Topliss-reactive ketones (excluding diaryl/α,β-unsaturated/α-hetero) is 1. The fourth-order valence-corrected chi connectivity index (χ4v) is 6.16. The predicted octanol–water partition coefficient (Wildman–Crippen LogP) is 5.07. The Morgan fingerprint density at radius 1 is 1.10 bits per heavy atom. The molecule has 0 radical (unpaired) electrons. The van der Waals surface area contributed by atoms with E-state index >= 15 is 0 Å². The lowest BCUT2D eigenvalue weighted by atomic mass is 10.0. The fourth-order valence-electron chi connectivity index (χ4n) is 6.16. The highest BCUT2D eigenvalue weighted by Gasteiger charge is 2.64. The molecule has 0 spiro atoms. The molecule has 40 heavy (non-hydrogen) atoms. The van der Waals surface area contributed by atoms with Crippen molar-refractivity contribution in [2.24, 2.45) is 5.41 Å². The molecule has 1 aromatic carbocycles. The van der Waals surface area contributed by atoms with Crippen molar-refractivity contribution in [1.82, 2.24) is 24.8 Å². The quantitative estimate of drug-likeness (QED) is 0.419. The Morgan fingerprint density at radius 2 is 1.77 bits per heavy atom. The van der Waals surface area contributed by atoms with Crippen molar-refractivity contribution >= 4 is 28.5 Å². The van der Waals surface area contributed by atoms with Gasteiger partial charge in [0.05, 0.1) is 11.6 Å². The van der Waals surface area contributed by atoms with Crippen LogP contribution in [0.5, 0.6) is 0 Å². The number of benzene rings is 1. The van der Waals surface area contributed by atoms with Gasteiger partial charge < -0.3 is 14.8 Å². The second-order valence-electron chi connectivity index (χ2n) is 11.9. The van der Waals surface area contributed by atoms with Crippen molar-refractivity contribution in [1.29, 1.82) is 0 Å². The van der Waals surface area contributed by atoms with Gasteiger partial charge >= 0.3 is 0 Å². The summed E-state index contributed by atoms with van der Waals surface area (Å²) in [4.78, 5) is 50.0. The first-order valence-electron chi connectivity index (χ1n) is 13.7. The summed E-state index contributed by atoms with van der Waals surface area (Å²) in [6, 6.07) is 2.50. The number of piperidine rings is 1. The molecule has 2 fully saturated rings.